The SMILES string of the molecule is CN1CC(C=CC(O)Cc2ccccc2)N(CCCC2(CCC(=O)NS(C)(=O)=O)CC2)C1=O. The average Bonchev–Trinajstić information content (AvgIpc) is 3.46. The molecule has 2 aliphatic rings. The minimum absolute atomic E-state index is 0.0143. The van der Waals surface area contributed by atoms with Crippen LogP contribution in [-0.4, -0.2) is 73.8 Å². The van der Waals surface area contributed by atoms with Gasteiger partial charge >= 0.3 is 6.03 Å². The Morgan fingerprint density at radius 3 is 2.61 bits per heavy atom. The Morgan fingerprint density at radius 2 is 1.97 bits per heavy atom. The molecule has 1 saturated heterocycles. The molecule has 3 rings (SSSR count). The summed E-state index contributed by atoms with van der Waals surface area (Å²) in [6, 6.07) is 9.71. The topological polar surface area (TPSA) is 107 Å². The number of rotatable bonds is 12. The van der Waals surface area contributed by atoms with Gasteiger partial charge in [0.25, 0.3) is 0 Å². The third kappa shape index (κ3) is 7.85. The summed E-state index contributed by atoms with van der Waals surface area (Å²) in [5.74, 6) is -0.459. The van der Waals surface area contributed by atoms with Crippen molar-refractivity contribution in [1.82, 2.24) is 14.5 Å². The summed E-state index contributed by atoms with van der Waals surface area (Å²) in [7, 11) is -1.73. The number of amides is 3. The van der Waals surface area contributed by atoms with Crippen LogP contribution in [0.2, 0.25) is 0 Å². The second kappa shape index (κ2) is 10.7. The summed E-state index contributed by atoms with van der Waals surface area (Å²) in [4.78, 5) is 28.0. The molecule has 9 heteroatoms. The fourth-order valence-electron chi connectivity index (χ4n) is 4.49. The summed E-state index contributed by atoms with van der Waals surface area (Å²) in [5.41, 5.74) is 1.15. The normalized spacial score (nSPS) is 20.9. The Hall–Kier alpha value is -2.39. The van der Waals surface area contributed by atoms with Gasteiger partial charge in [0.1, 0.15) is 0 Å². The van der Waals surface area contributed by atoms with Gasteiger partial charge in [0.2, 0.25) is 15.9 Å². The molecule has 0 spiro atoms. The lowest BCUT2D eigenvalue weighted by Gasteiger charge is -2.23. The van der Waals surface area contributed by atoms with Gasteiger partial charge in [-0.1, -0.05) is 42.5 Å². The highest BCUT2D eigenvalue weighted by Gasteiger charge is 2.42. The molecular formula is C24H35N3O5S. The second-order valence-electron chi connectivity index (χ2n) is 9.47. The first-order valence-electron chi connectivity index (χ1n) is 11.5. The van der Waals surface area contributed by atoms with Gasteiger partial charge in [-0.15, -0.1) is 0 Å². The van der Waals surface area contributed by atoms with E-state index in [4.69, 9.17) is 0 Å². The van der Waals surface area contributed by atoms with E-state index >= 15 is 0 Å². The highest BCUT2D eigenvalue weighted by atomic mass is 32.2. The first-order valence-corrected chi connectivity index (χ1v) is 13.4. The Labute approximate surface area is 196 Å². The summed E-state index contributed by atoms with van der Waals surface area (Å²) in [5, 5.41) is 10.4. The van der Waals surface area contributed by atoms with Gasteiger partial charge in [-0.3, -0.25) is 9.52 Å². The van der Waals surface area contributed by atoms with Gasteiger partial charge in [0, 0.05) is 33.0 Å². The highest BCUT2D eigenvalue weighted by molar-refractivity contribution is 7.89. The molecule has 2 fully saturated rings. The zero-order valence-corrected chi connectivity index (χ0v) is 20.3. The predicted octanol–water partition coefficient (Wildman–Crippen LogP) is 2.30. The number of aliphatic hydroxyl groups is 1. The molecule has 0 radical (unpaired) electrons. The Balaban J connectivity index is 1.47. The third-order valence-corrected chi connectivity index (χ3v) is 7.12. The number of nitrogens with zero attached hydrogens (tertiary/aromatic N) is 2. The van der Waals surface area contributed by atoms with Crippen molar-refractivity contribution in [3.63, 3.8) is 0 Å². The van der Waals surface area contributed by atoms with Gasteiger partial charge in [-0.25, -0.2) is 13.2 Å². The maximum Gasteiger partial charge on any atom is 0.320 e. The zero-order valence-electron chi connectivity index (χ0n) is 19.4. The lowest BCUT2D eigenvalue weighted by Crippen LogP contribution is -2.34. The van der Waals surface area contributed by atoms with Crippen LogP contribution in [-0.2, 0) is 21.2 Å². The fraction of sp³-hybridized carbons (Fsp3) is 0.583. The Kier molecular flexibility index (Phi) is 8.18. The van der Waals surface area contributed by atoms with E-state index in [-0.39, 0.29) is 23.9 Å². The van der Waals surface area contributed by atoms with E-state index in [2.05, 4.69) is 0 Å². The Bertz CT molecular complexity index is 960. The van der Waals surface area contributed by atoms with E-state index in [1.54, 1.807) is 18.0 Å². The van der Waals surface area contributed by atoms with E-state index < -0.39 is 22.0 Å². The van der Waals surface area contributed by atoms with Crippen molar-refractivity contribution in [2.45, 2.75) is 57.1 Å². The predicted molar refractivity (Wildman–Crippen MR) is 127 cm³/mol. The van der Waals surface area contributed by atoms with Crippen LogP contribution >= 0.6 is 0 Å². The van der Waals surface area contributed by atoms with Crippen molar-refractivity contribution in [2.75, 3.05) is 26.4 Å². The molecule has 8 nitrogen and oxygen atoms in total. The number of carbonyl (C=O) groups is 2. The number of sulfonamides is 1. The van der Waals surface area contributed by atoms with Crippen molar-refractivity contribution in [3.05, 3.63) is 48.0 Å². The molecule has 0 aromatic heterocycles. The number of hydrogen-bond acceptors (Lipinski definition) is 5. The van der Waals surface area contributed by atoms with E-state index in [1.165, 1.54) is 0 Å². The zero-order chi connectivity index (χ0) is 24.1. The van der Waals surface area contributed by atoms with Crippen LogP contribution in [0.3, 0.4) is 0 Å². The highest BCUT2D eigenvalue weighted by Crippen LogP contribution is 2.53. The molecule has 1 saturated carbocycles. The van der Waals surface area contributed by atoms with Gasteiger partial charge in [0.05, 0.1) is 18.4 Å². The number of aliphatic hydroxyl groups excluding tert-OH is 1. The Morgan fingerprint density at radius 1 is 1.27 bits per heavy atom. The number of carbonyl (C=O) groups excluding carboxylic acids is 2. The van der Waals surface area contributed by atoms with Gasteiger partial charge in [-0.2, -0.15) is 0 Å². The summed E-state index contributed by atoms with van der Waals surface area (Å²) >= 11 is 0. The summed E-state index contributed by atoms with van der Waals surface area (Å²) in [6.07, 6.45) is 9.26. The lowest BCUT2D eigenvalue weighted by molar-refractivity contribution is -0.119. The number of hydrogen-bond donors (Lipinski definition) is 2. The molecule has 2 unspecified atom stereocenters. The number of likely N-dealkylation sites (N-methyl/N-ethyl adjacent to an activating group) is 1. The van der Waals surface area contributed by atoms with Crippen LogP contribution in [0.5, 0.6) is 0 Å². The molecule has 1 aromatic rings. The van der Waals surface area contributed by atoms with E-state index in [1.807, 2.05) is 46.0 Å². The molecule has 33 heavy (non-hydrogen) atoms. The minimum atomic E-state index is -3.52. The number of nitrogens with one attached hydrogen (secondary N) is 1. The summed E-state index contributed by atoms with van der Waals surface area (Å²) in [6.45, 7) is 1.20. The molecule has 0 bridgehead atoms. The van der Waals surface area contributed by atoms with Crippen molar-refractivity contribution in [1.29, 1.82) is 0 Å². The van der Waals surface area contributed by atoms with Crippen molar-refractivity contribution >= 4 is 22.0 Å². The first kappa shape index (κ1) is 25.2. The van der Waals surface area contributed by atoms with E-state index in [0.29, 0.717) is 25.9 Å². The average molecular weight is 478 g/mol. The lowest BCUT2D eigenvalue weighted by atomic mass is 9.94. The second-order valence-corrected chi connectivity index (χ2v) is 11.2. The molecule has 1 aliphatic carbocycles. The smallest absolute Gasteiger partial charge is 0.320 e. The third-order valence-electron chi connectivity index (χ3n) is 6.52. The first-order chi connectivity index (χ1) is 15.6. The fourth-order valence-corrected chi connectivity index (χ4v) is 5.00. The van der Waals surface area contributed by atoms with E-state index in [0.717, 1.165) is 37.5 Å². The van der Waals surface area contributed by atoms with Crippen LogP contribution in [0.1, 0.15) is 44.1 Å². The van der Waals surface area contributed by atoms with Crippen molar-refractivity contribution in [2.24, 2.45) is 5.41 Å². The molecule has 1 aromatic carbocycles. The monoisotopic (exact) mass is 477 g/mol. The molecule has 1 heterocycles. The van der Waals surface area contributed by atoms with Crippen LogP contribution in [0, 0.1) is 5.41 Å². The van der Waals surface area contributed by atoms with Gasteiger partial charge in [0.15, 0.2) is 0 Å². The molecule has 2 N–H and O–H groups in total. The molecule has 3 amide bonds. The quantitative estimate of drug-likeness (QED) is 0.449. The van der Waals surface area contributed by atoms with Crippen molar-refractivity contribution < 1.29 is 23.1 Å². The van der Waals surface area contributed by atoms with Crippen LogP contribution in [0.25, 0.3) is 0 Å². The minimum Gasteiger partial charge on any atom is -0.389 e. The van der Waals surface area contributed by atoms with Crippen molar-refractivity contribution in [3.8, 4) is 0 Å². The molecule has 1 aliphatic heterocycles. The van der Waals surface area contributed by atoms with E-state index in [9.17, 15) is 23.1 Å². The maximum atomic E-state index is 12.6. The van der Waals surface area contributed by atoms with Gasteiger partial charge < -0.3 is 14.9 Å². The van der Waals surface area contributed by atoms with Crippen LogP contribution < -0.4 is 4.72 Å². The van der Waals surface area contributed by atoms with Crippen LogP contribution in [0.4, 0.5) is 4.79 Å². The molecule has 2 atom stereocenters. The maximum absolute atomic E-state index is 12.6. The number of benzene rings is 1. The molecule has 182 valence electrons. The summed E-state index contributed by atoms with van der Waals surface area (Å²) < 4.78 is 24.4. The van der Waals surface area contributed by atoms with Crippen LogP contribution in [0.15, 0.2) is 42.5 Å². The number of urea groups is 1. The van der Waals surface area contributed by atoms with Gasteiger partial charge in [-0.05, 0) is 43.1 Å². The largest absolute Gasteiger partial charge is 0.389 e. The standard InChI is InChI=1S/C24H35N3O5S/c1-26-18-20(9-10-21(28)17-19-7-4-3-5-8-19)27(23(26)30)16-6-12-24(14-15-24)13-11-22(29)25-33(2,31)32/h3-5,7-10,20-21,28H,6,11-18H2,1-2H3,(H,25,29). The molecular weight excluding hydrogens is 442 g/mol.